The van der Waals surface area contributed by atoms with Gasteiger partial charge in [0.2, 0.25) is 0 Å². The van der Waals surface area contributed by atoms with Gasteiger partial charge in [0.1, 0.15) is 11.5 Å². The van der Waals surface area contributed by atoms with Gasteiger partial charge in [-0.25, -0.2) is 0 Å². The van der Waals surface area contributed by atoms with Crippen LogP contribution in [0.4, 0.5) is 0 Å². The molecule has 128 valence electrons. The van der Waals surface area contributed by atoms with Crippen molar-refractivity contribution >= 4 is 39.4 Å². The quantitative estimate of drug-likeness (QED) is 0.508. The largest absolute Gasteiger partial charge is 0.455 e. The molecule has 0 saturated heterocycles. The Hall–Kier alpha value is -2.28. The minimum atomic E-state index is -3.71. The van der Waals surface area contributed by atoms with Crippen LogP contribution in [0, 0.1) is 0 Å². The van der Waals surface area contributed by atoms with E-state index in [0.717, 1.165) is 5.56 Å². The average molecular weight is 395 g/mol. The van der Waals surface area contributed by atoms with Gasteiger partial charge in [0.15, 0.2) is 0 Å². The molecule has 8 heteroatoms. The number of hydrogen-bond acceptors (Lipinski definition) is 4. The predicted octanol–water partition coefficient (Wildman–Crippen LogP) is 4.57. The highest BCUT2D eigenvalue weighted by Gasteiger charge is 2.11. The van der Waals surface area contributed by atoms with Crippen molar-refractivity contribution in [3.8, 4) is 11.3 Å². The van der Waals surface area contributed by atoms with E-state index in [1.807, 2.05) is 0 Å². The summed E-state index contributed by atoms with van der Waals surface area (Å²) < 4.78 is 29.7. The van der Waals surface area contributed by atoms with Crippen molar-refractivity contribution in [1.82, 2.24) is 4.83 Å². The molecule has 2 aromatic carbocycles. The van der Waals surface area contributed by atoms with Gasteiger partial charge in [-0.2, -0.15) is 18.4 Å². The summed E-state index contributed by atoms with van der Waals surface area (Å²) in [6.07, 6.45) is 1.28. The first kappa shape index (κ1) is 17.5. The number of furan rings is 1. The molecule has 0 fully saturated rings. The van der Waals surface area contributed by atoms with E-state index in [2.05, 4.69) is 9.93 Å². The molecule has 0 aliphatic rings. The lowest BCUT2D eigenvalue weighted by molar-refractivity contribution is 0.573. The Bertz CT molecular complexity index is 1020. The number of nitrogens with zero attached hydrogens (tertiary/aromatic N) is 1. The van der Waals surface area contributed by atoms with E-state index >= 15 is 0 Å². The monoisotopic (exact) mass is 394 g/mol. The summed E-state index contributed by atoms with van der Waals surface area (Å²) in [7, 11) is -3.71. The molecule has 3 rings (SSSR count). The van der Waals surface area contributed by atoms with Gasteiger partial charge in [0.05, 0.1) is 21.2 Å². The molecule has 1 heterocycles. The number of benzene rings is 2. The summed E-state index contributed by atoms with van der Waals surface area (Å²) in [4.78, 5) is 2.26. The van der Waals surface area contributed by atoms with Crippen LogP contribution in [-0.4, -0.2) is 14.6 Å². The van der Waals surface area contributed by atoms with E-state index in [-0.39, 0.29) is 4.90 Å². The Balaban J connectivity index is 1.73. The van der Waals surface area contributed by atoms with Gasteiger partial charge in [0.25, 0.3) is 10.0 Å². The lowest BCUT2D eigenvalue weighted by atomic mass is 10.2. The highest BCUT2D eigenvalue weighted by Crippen LogP contribution is 2.29. The van der Waals surface area contributed by atoms with Gasteiger partial charge < -0.3 is 4.42 Å². The second-order valence-electron chi connectivity index (χ2n) is 5.00. The number of hydrogen-bond donors (Lipinski definition) is 1. The Morgan fingerprint density at radius 3 is 2.44 bits per heavy atom. The number of rotatable bonds is 5. The summed E-state index contributed by atoms with van der Waals surface area (Å²) in [5, 5.41) is 4.60. The van der Waals surface area contributed by atoms with Crippen LogP contribution in [0.25, 0.3) is 11.3 Å². The molecular formula is C17H12Cl2N2O3S. The van der Waals surface area contributed by atoms with Crippen molar-refractivity contribution in [3.05, 3.63) is 76.5 Å². The number of halogens is 2. The molecule has 0 spiro atoms. The van der Waals surface area contributed by atoms with Crippen LogP contribution in [0.3, 0.4) is 0 Å². The summed E-state index contributed by atoms with van der Waals surface area (Å²) in [5.74, 6) is 0.947. The van der Waals surface area contributed by atoms with E-state index in [4.69, 9.17) is 27.6 Å². The van der Waals surface area contributed by atoms with Crippen LogP contribution in [0.2, 0.25) is 10.0 Å². The zero-order valence-corrected chi connectivity index (χ0v) is 15.0. The molecule has 1 N–H and O–H groups in total. The van der Waals surface area contributed by atoms with Gasteiger partial charge in [-0.1, -0.05) is 41.4 Å². The lowest BCUT2D eigenvalue weighted by Crippen LogP contribution is -2.18. The average Bonchev–Trinajstić information content (AvgIpc) is 3.07. The zero-order valence-electron chi connectivity index (χ0n) is 12.7. The lowest BCUT2D eigenvalue weighted by Gasteiger charge is -2.01. The van der Waals surface area contributed by atoms with E-state index in [1.54, 1.807) is 48.5 Å². The maximum absolute atomic E-state index is 12.0. The van der Waals surface area contributed by atoms with Gasteiger partial charge in [-0.3, -0.25) is 0 Å². The van der Waals surface area contributed by atoms with E-state index in [1.165, 1.54) is 18.3 Å². The van der Waals surface area contributed by atoms with E-state index in [0.29, 0.717) is 21.6 Å². The first-order valence-corrected chi connectivity index (χ1v) is 9.35. The minimum absolute atomic E-state index is 0.128. The second-order valence-corrected chi connectivity index (χ2v) is 7.47. The molecular weight excluding hydrogens is 383 g/mol. The zero-order chi connectivity index (χ0) is 17.9. The number of hydrazone groups is 1. The minimum Gasteiger partial charge on any atom is -0.455 e. The van der Waals surface area contributed by atoms with Gasteiger partial charge >= 0.3 is 0 Å². The van der Waals surface area contributed by atoms with Crippen molar-refractivity contribution in [3.63, 3.8) is 0 Å². The molecule has 0 aliphatic carbocycles. The predicted molar refractivity (Wildman–Crippen MR) is 98.5 cm³/mol. The molecule has 0 saturated carbocycles. The highest BCUT2D eigenvalue weighted by molar-refractivity contribution is 7.89. The molecule has 0 radical (unpaired) electrons. The summed E-state index contributed by atoms with van der Waals surface area (Å²) in [6, 6.07) is 16.5. The molecule has 25 heavy (non-hydrogen) atoms. The smallest absolute Gasteiger partial charge is 0.276 e. The van der Waals surface area contributed by atoms with Crippen LogP contribution in [0.15, 0.2) is 75.1 Å². The third kappa shape index (κ3) is 4.22. The molecule has 0 amide bonds. The van der Waals surface area contributed by atoms with Crippen molar-refractivity contribution in [1.29, 1.82) is 0 Å². The van der Waals surface area contributed by atoms with Crippen LogP contribution in [-0.2, 0) is 10.0 Å². The third-order valence-electron chi connectivity index (χ3n) is 3.25. The van der Waals surface area contributed by atoms with Crippen molar-refractivity contribution in [2.24, 2.45) is 5.10 Å². The van der Waals surface area contributed by atoms with Gasteiger partial charge in [-0.05, 0) is 42.5 Å². The van der Waals surface area contributed by atoms with Crippen LogP contribution >= 0.6 is 23.2 Å². The molecule has 1 aromatic heterocycles. The summed E-state index contributed by atoms with van der Waals surface area (Å²) in [6.45, 7) is 0. The fraction of sp³-hybridized carbons (Fsp3) is 0. The molecule has 0 aliphatic heterocycles. The molecule has 0 atom stereocenters. The Labute approximate surface area is 154 Å². The topological polar surface area (TPSA) is 71.7 Å². The van der Waals surface area contributed by atoms with Crippen LogP contribution < -0.4 is 4.83 Å². The van der Waals surface area contributed by atoms with Crippen molar-refractivity contribution in [2.75, 3.05) is 0 Å². The number of sulfonamides is 1. The van der Waals surface area contributed by atoms with Crippen molar-refractivity contribution < 1.29 is 12.8 Å². The standard InChI is InChI=1S/C17H12Cl2N2O3S/c18-15-8-6-12(10-16(15)19)17-9-7-13(24-17)11-20-21-25(22,23)14-4-2-1-3-5-14/h1-11,21H/b20-11+. The van der Waals surface area contributed by atoms with E-state index < -0.39 is 10.0 Å². The Kier molecular flexibility index (Phi) is 5.13. The van der Waals surface area contributed by atoms with Crippen LogP contribution in [0.1, 0.15) is 5.76 Å². The fourth-order valence-corrected chi connectivity index (χ4v) is 3.15. The highest BCUT2D eigenvalue weighted by atomic mass is 35.5. The maximum Gasteiger partial charge on any atom is 0.276 e. The normalized spacial score (nSPS) is 11.8. The van der Waals surface area contributed by atoms with Crippen molar-refractivity contribution in [2.45, 2.75) is 4.90 Å². The molecule has 0 unspecified atom stereocenters. The fourth-order valence-electron chi connectivity index (χ4n) is 2.04. The maximum atomic E-state index is 12.0. The second kappa shape index (κ2) is 7.31. The third-order valence-corrected chi connectivity index (χ3v) is 5.23. The first-order valence-electron chi connectivity index (χ1n) is 7.11. The first-order chi connectivity index (χ1) is 12.0. The molecule has 5 nitrogen and oxygen atoms in total. The number of nitrogens with one attached hydrogen (secondary N) is 1. The van der Waals surface area contributed by atoms with Gasteiger partial charge in [0, 0.05) is 5.56 Å². The molecule has 0 bridgehead atoms. The Morgan fingerprint density at radius 1 is 0.960 bits per heavy atom. The SMILES string of the molecule is O=S(=O)(N/N=C/c1ccc(-c2ccc(Cl)c(Cl)c2)o1)c1ccccc1. The van der Waals surface area contributed by atoms with Crippen LogP contribution in [0.5, 0.6) is 0 Å². The van der Waals surface area contributed by atoms with Gasteiger partial charge in [-0.15, -0.1) is 0 Å². The summed E-state index contributed by atoms with van der Waals surface area (Å²) in [5.41, 5.74) is 0.749. The summed E-state index contributed by atoms with van der Waals surface area (Å²) >= 11 is 11.9. The Morgan fingerprint density at radius 2 is 1.72 bits per heavy atom. The molecule has 3 aromatic rings. The van der Waals surface area contributed by atoms with E-state index in [9.17, 15) is 8.42 Å².